The van der Waals surface area contributed by atoms with Crippen LogP contribution in [0.25, 0.3) is 0 Å². The molecule has 1 amide bonds. The molecule has 0 N–H and O–H groups in total. The number of alkyl halides is 1. The molecule has 0 bridgehead atoms. The minimum atomic E-state index is -1.34. The third kappa shape index (κ3) is 2.69. The lowest BCUT2D eigenvalue weighted by molar-refractivity contribution is -0.185. The van der Waals surface area contributed by atoms with E-state index in [4.69, 9.17) is 21.1 Å². The lowest BCUT2D eigenvalue weighted by Gasteiger charge is -2.32. The second-order valence-corrected chi connectivity index (χ2v) is 7.59. The number of anilines is 1. The van der Waals surface area contributed by atoms with Crippen molar-refractivity contribution in [3.63, 3.8) is 0 Å². The number of nitrogens with zero attached hydrogens (tertiary/aromatic N) is 2. The Morgan fingerprint density at radius 3 is 2.70 bits per heavy atom. The first-order chi connectivity index (χ1) is 13.2. The molecule has 5 rings (SSSR count). The average molecular weight is 385 g/mol. The van der Waals surface area contributed by atoms with Gasteiger partial charge in [0.2, 0.25) is 0 Å². The summed E-state index contributed by atoms with van der Waals surface area (Å²) in [6.07, 6.45) is 0.720. The minimum absolute atomic E-state index is 0.157. The van der Waals surface area contributed by atoms with Crippen LogP contribution < -0.4 is 4.90 Å². The first kappa shape index (κ1) is 17.2. The van der Waals surface area contributed by atoms with Gasteiger partial charge in [0.15, 0.2) is 0 Å². The van der Waals surface area contributed by atoms with Gasteiger partial charge in [-0.05, 0) is 23.6 Å². The van der Waals surface area contributed by atoms with Gasteiger partial charge < -0.3 is 9.47 Å². The highest BCUT2D eigenvalue weighted by Gasteiger charge is 2.58. The third-order valence-electron chi connectivity index (χ3n) is 5.60. The van der Waals surface area contributed by atoms with Gasteiger partial charge in [-0.15, -0.1) is 11.6 Å². The number of carbonyl (C=O) groups is 1. The molecule has 2 aromatic carbocycles. The fraction of sp³-hybridized carbons (Fsp3) is 0.381. The lowest BCUT2D eigenvalue weighted by Crippen LogP contribution is -2.47. The van der Waals surface area contributed by atoms with Crippen LogP contribution in [0.4, 0.5) is 5.69 Å². The SMILES string of the molecule is O=C1N(CN2CCc3ccccc3C2)c2ccccc2[C@]12OC[C@H](CCl)O2. The topological polar surface area (TPSA) is 42.0 Å². The van der Waals surface area contributed by atoms with Crippen molar-refractivity contribution < 1.29 is 14.3 Å². The van der Waals surface area contributed by atoms with Crippen LogP contribution in [0.3, 0.4) is 0 Å². The molecule has 2 atom stereocenters. The molecule has 2 aromatic rings. The van der Waals surface area contributed by atoms with Crippen LogP contribution in [0, 0.1) is 0 Å². The van der Waals surface area contributed by atoms with Crippen LogP contribution in [0.1, 0.15) is 16.7 Å². The molecule has 1 saturated heterocycles. The predicted molar refractivity (Wildman–Crippen MR) is 103 cm³/mol. The second kappa shape index (κ2) is 6.60. The van der Waals surface area contributed by atoms with Crippen molar-refractivity contribution in [1.82, 2.24) is 4.90 Å². The van der Waals surface area contributed by atoms with Crippen LogP contribution in [0.2, 0.25) is 0 Å². The molecular weight excluding hydrogens is 364 g/mol. The van der Waals surface area contributed by atoms with E-state index in [1.807, 2.05) is 24.3 Å². The normalized spacial score (nSPS) is 27.2. The number of hydrogen-bond acceptors (Lipinski definition) is 4. The molecule has 140 valence electrons. The molecule has 5 nitrogen and oxygen atoms in total. The van der Waals surface area contributed by atoms with Gasteiger partial charge >= 0.3 is 0 Å². The highest BCUT2D eigenvalue weighted by molar-refractivity contribution is 6.18. The first-order valence-corrected chi connectivity index (χ1v) is 9.83. The third-order valence-corrected chi connectivity index (χ3v) is 5.95. The molecule has 3 aliphatic heterocycles. The zero-order valence-corrected chi connectivity index (χ0v) is 15.7. The van der Waals surface area contributed by atoms with Gasteiger partial charge in [-0.3, -0.25) is 14.6 Å². The molecule has 3 aliphatic rings. The lowest BCUT2D eigenvalue weighted by atomic mass is 10.0. The van der Waals surface area contributed by atoms with Gasteiger partial charge in [-0.1, -0.05) is 42.5 Å². The average Bonchev–Trinajstić information content (AvgIpc) is 3.25. The van der Waals surface area contributed by atoms with E-state index >= 15 is 0 Å². The molecule has 6 heteroatoms. The van der Waals surface area contributed by atoms with Crippen molar-refractivity contribution in [3.8, 4) is 0 Å². The van der Waals surface area contributed by atoms with E-state index in [9.17, 15) is 4.79 Å². The van der Waals surface area contributed by atoms with Crippen LogP contribution in [0.5, 0.6) is 0 Å². The summed E-state index contributed by atoms with van der Waals surface area (Å²) < 4.78 is 11.9. The summed E-state index contributed by atoms with van der Waals surface area (Å²) in [5.41, 5.74) is 4.36. The second-order valence-electron chi connectivity index (χ2n) is 7.28. The molecule has 1 fully saturated rings. The molecule has 0 aliphatic carbocycles. The van der Waals surface area contributed by atoms with Crippen molar-refractivity contribution in [2.45, 2.75) is 24.9 Å². The highest BCUT2D eigenvalue weighted by Crippen LogP contribution is 2.47. The Kier molecular flexibility index (Phi) is 4.20. The van der Waals surface area contributed by atoms with Crippen LogP contribution in [-0.2, 0) is 33.0 Å². The van der Waals surface area contributed by atoms with E-state index < -0.39 is 5.79 Å². The molecule has 0 radical (unpaired) electrons. The number of rotatable bonds is 3. The number of halogens is 1. The fourth-order valence-electron chi connectivity index (χ4n) is 4.25. The monoisotopic (exact) mass is 384 g/mol. The van der Waals surface area contributed by atoms with Crippen LogP contribution >= 0.6 is 11.6 Å². The van der Waals surface area contributed by atoms with Crippen LogP contribution in [-0.4, -0.2) is 42.6 Å². The van der Waals surface area contributed by atoms with Crippen molar-refractivity contribution in [2.24, 2.45) is 0 Å². The molecule has 1 spiro atoms. The van der Waals surface area contributed by atoms with Gasteiger partial charge in [-0.25, -0.2) is 0 Å². The molecule has 3 heterocycles. The van der Waals surface area contributed by atoms with Crippen molar-refractivity contribution in [3.05, 3.63) is 65.2 Å². The van der Waals surface area contributed by atoms with E-state index in [0.717, 1.165) is 30.8 Å². The molecule has 0 unspecified atom stereocenters. The molecule has 27 heavy (non-hydrogen) atoms. The Labute approximate surface area is 163 Å². The number of para-hydroxylation sites is 1. The van der Waals surface area contributed by atoms with Crippen molar-refractivity contribution >= 4 is 23.2 Å². The quantitative estimate of drug-likeness (QED) is 0.763. The number of fused-ring (bicyclic) bond motifs is 3. The standard InChI is InChI=1S/C21H21ClN2O3/c22-11-17-13-26-21(27-17)18-7-3-4-8-19(18)24(20(21)25)14-23-10-9-15-5-1-2-6-16(15)12-23/h1-8,17H,9-14H2/t17-,21+/m0/s1. The van der Waals surface area contributed by atoms with Crippen molar-refractivity contribution in [1.29, 1.82) is 0 Å². The molecule has 0 saturated carbocycles. The maximum Gasteiger partial charge on any atom is 0.293 e. The van der Waals surface area contributed by atoms with Gasteiger partial charge in [-0.2, -0.15) is 0 Å². The summed E-state index contributed by atoms with van der Waals surface area (Å²) in [4.78, 5) is 17.5. The molecule has 0 aromatic heterocycles. The molecular formula is C21H21ClN2O3. The summed E-state index contributed by atoms with van der Waals surface area (Å²) in [6, 6.07) is 16.2. The minimum Gasteiger partial charge on any atom is -0.336 e. The first-order valence-electron chi connectivity index (χ1n) is 9.29. The van der Waals surface area contributed by atoms with Crippen molar-refractivity contribution in [2.75, 3.05) is 30.6 Å². The van der Waals surface area contributed by atoms with E-state index in [1.54, 1.807) is 4.90 Å². The van der Waals surface area contributed by atoms with Gasteiger partial charge in [0.25, 0.3) is 11.7 Å². The summed E-state index contributed by atoms with van der Waals surface area (Å²) >= 11 is 5.95. The Hall–Kier alpha value is -1.92. The van der Waals surface area contributed by atoms with E-state index in [1.165, 1.54) is 11.1 Å². The van der Waals surface area contributed by atoms with Gasteiger partial charge in [0.05, 0.1) is 30.9 Å². The summed E-state index contributed by atoms with van der Waals surface area (Å²) in [5.74, 6) is -1.19. The number of ether oxygens (including phenoxy) is 2. The maximum atomic E-state index is 13.4. The van der Waals surface area contributed by atoms with Gasteiger partial charge in [0, 0.05) is 18.7 Å². The number of amides is 1. The zero-order valence-electron chi connectivity index (χ0n) is 14.9. The van der Waals surface area contributed by atoms with E-state index in [0.29, 0.717) is 19.2 Å². The zero-order chi connectivity index (χ0) is 18.4. The predicted octanol–water partition coefficient (Wildman–Crippen LogP) is 2.86. The number of benzene rings is 2. The van der Waals surface area contributed by atoms with Crippen LogP contribution in [0.15, 0.2) is 48.5 Å². The van der Waals surface area contributed by atoms with E-state index in [-0.39, 0.29) is 12.0 Å². The van der Waals surface area contributed by atoms with Gasteiger partial charge in [0.1, 0.15) is 0 Å². The summed E-state index contributed by atoms with van der Waals surface area (Å²) in [7, 11) is 0. The largest absolute Gasteiger partial charge is 0.336 e. The van der Waals surface area contributed by atoms with E-state index in [2.05, 4.69) is 29.2 Å². The highest BCUT2D eigenvalue weighted by atomic mass is 35.5. The Bertz CT molecular complexity index is 889. The number of carbonyl (C=O) groups excluding carboxylic acids is 1. The summed E-state index contributed by atoms with van der Waals surface area (Å²) in [5, 5.41) is 0. The summed E-state index contributed by atoms with van der Waals surface area (Å²) in [6.45, 7) is 2.60. The Balaban J connectivity index is 1.43. The maximum absolute atomic E-state index is 13.4. The smallest absolute Gasteiger partial charge is 0.293 e. The fourth-order valence-corrected chi connectivity index (χ4v) is 4.40. The Morgan fingerprint density at radius 2 is 1.89 bits per heavy atom. The Morgan fingerprint density at radius 1 is 1.11 bits per heavy atom. The number of hydrogen-bond donors (Lipinski definition) is 0.